The topological polar surface area (TPSA) is 16.6 Å². The molecule has 10 rings (SSSR count). The van der Waals surface area contributed by atoms with E-state index in [2.05, 4.69) is 88.5 Å². The molecule has 0 aliphatic carbocycles. The Labute approximate surface area is 545 Å². The van der Waals surface area contributed by atoms with E-state index in [-0.39, 0.29) is 0 Å². The fraction of sp³-hybridized carbons (Fsp3) is 0.246. The molecule has 528 valence electrons. The minimum absolute atomic E-state index is 0.893. The maximum Gasteiger partial charge on any atom is 0.286 e. The highest BCUT2D eigenvalue weighted by molar-refractivity contribution is 7.23. The van der Waals surface area contributed by atoms with Crippen LogP contribution in [0.4, 0.5) is 123 Å². The summed E-state index contributed by atoms with van der Waals surface area (Å²) in [5, 5.41) is -24.2. The highest BCUT2D eigenvalue weighted by atomic mass is 27.2. The van der Waals surface area contributed by atoms with Crippen LogP contribution in [0.2, 0.25) is 0 Å². The molecule has 3 atom stereocenters. The summed E-state index contributed by atoms with van der Waals surface area (Å²) in [6.45, 7) is 14.4. The first kappa shape index (κ1) is 76.5. The van der Waals surface area contributed by atoms with E-state index < -0.39 is 237 Å². The molecule has 0 saturated heterocycles. The molecule has 30 heteroatoms. The molecule has 0 bridgehead atoms. The summed E-state index contributed by atoms with van der Waals surface area (Å²) < 4.78 is 432. The third-order valence-electron chi connectivity index (χ3n) is 17.4. The van der Waals surface area contributed by atoms with Crippen molar-refractivity contribution in [3.8, 4) is 11.1 Å². The Hall–Kier alpha value is -8.23. The minimum atomic E-state index is -10.2. The van der Waals surface area contributed by atoms with Crippen LogP contribution in [0.15, 0.2) is 60.7 Å². The number of halogens is 28. The average Bonchev–Trinajstić information content (AvgIpc) is 0.662. The first-order chi connectivity index (χ1) is 46.6. The van der Waals surface area contributed by atoms with Crippen LogP contribution in [-0.4, -0.2) is 26.2 Å². The van der Waals surface area contributed by atoms with Crippen molar-refractivity contribution < 1.29 is 128 Å². The predicted octanol–water partition coefficient (Wildman–Crippen LogP) is 19.2. The SMILES string of the molecule is CCCC(C)C[NH2+]CC(C)CCC(CC)CCC.Fc1c(F)c(F)c2[c]([Al-]([c]3c(F)c(F)c(F)c4c(F)c(F)c(F)c(F)c34)([c]3c(F)c(F)c(F)c4c(F)c(F)c(F)c(F)c34)[c]3c(F)c(F)c(F)c4c(F)c(F)c(F)c(F)c34)c(F)c(F)c(F)c2c1F.c1ccc(-c2ccccc2)cc1. The van der Waals surface area contributed by atoms with Gasteiger partial charge in [-0.2, -0.15) is 17.7 Å². The Morgan fingerprint density at radius 3 is 0.687 bits per heavy atom. The summed E-state index contributed by atoms with van der Waals surface area (Å²) in [5.41, 5.74) is 2.55. The van der Waals surface area contributed by atoms with Gasteiger partial charge in [-0.05, 0) is 57.9 Å². The van der Waals surface area contributed by atoms with Gasteiger partial charge in [0.15, 0.2) is 140 Å². The molecule has 3 unspecified atom stereocenters. The standard InChI is InChI=1S/C17H37N.C12H10.4C10F7.Al/c1-6-9-15(4)13-18-14-16(5)11-12-17(8-3)10-7-2;1-3-7-11(8-4-1)12-9-5-2-6-10-12;4*11-3-1-2-4(7(14)6(3)13)8(15)10(17)9(16)5(2)12;/h15-18H,6-14H2,1-5H3;1-10H;;;;;/q;;;;;;-1/p+1. The van der Waals surface area contributed by atoms with Crippen LogP contribution in [0.1, 0.15) is 79.6 Å². The van der Waals surface area contributed by atoms with Gasteiger partial charge < -0.3 is 5.32 Å². The van der Waals surface area contributed by atoms with Crippen LogP contribution in [-0.2, 0) is 0 Å². The molecule has 0 aliphatic rings. The summed E-state index contributed by atoms with van der Waals surface area (Å²) in [4.78, 5) is 0. The zero-order valence-electron chi connectivity index (χ0n) is 51.6. The Kier molecular flexibility index (Phi) is 23.4. The second-order valence-corrected chi connectivity index (χ2v) is 27.5. The van der Waals surface area contributed by atoms with Gasteiger partial charge in [0.25, 0.3) is 13.1 Å². The lowest BCUT2D eigenvalue weighted by atomic mass is 9.91. The van der Waals surface area contributed by atoms with Crippen LogP contribution in [0, 0.1) is 181 Å². The van der Waals surface area contributed by atoms with E-state index in [1.54, 1.807) is 0 Å². The van der Waals surface area contributed by atoms with E-state index in [9.17, 15) is 17.6 Å². The third-order valence-corrected chi connectivity index (χ3v) is 23.0. The lowest BCUT2D eigenvalue weighted by molar-refractivity contribution is -0.665. The molecule has 99 heavy (non-hydrogen) atoms. The van der Waals surface area contributed by atoms with Gasteiger partial charge in [0.2, 0.25) is 0 Å². The monoisotopic (exact) mass is 1450 g/mol. The first-order valence-electron chi connectivity index (χ1n) is 30.0. The predicted molar refractivity (Wildman–Crippen MR) is 314 cm³/mol. The largest absolute Gasteiger partial charge is 0.346 e. The van der Waals surface area contributed by atoms with E-state index in [4.69, 9.17) is 0 Å². The molecule has 1 nitrogen and oxygen atoms in total. The maximum absolute atomic E-state index is 17.3. The van der Waals surface area contributed by atoms with Crippen LogP contribution in [0.25, 0.3) is 54.2 Å². The van der Waals surface area contributed by atoms with Crippen molar-refractivity contribution in [1.29, 1.82) is 0 Å². The summed E-state index contributed by atoms with van der Waals surface area (Å²) in [7, 11) is 0. The average molecular weight is 1450 g/mol. The zero-order chi connectivity index (χ0) is 73.6. The number of hydrogen-bond acceptors (Lipinski definition) is 0. The number of quaternary nitrogens is 1. The highest BCUT2D eigenvalue weighted by Crippen LogP contribution is 2.42. The molecule has 0 aliphatic heterocycles. The van der Waals surface area contributed by atoms with Gasteiger partial charge in [-0.25, -0.2) is 123 Å². The molecule has 10 aromatic carbocycles. The fourth-order valence-electron chi connectivity index (χ4n) is 12.7. The maximum atomic E-state index is 17.3. The molecule has 0 saturated carbocycles. The molecule has 10 aromatic rings. The lowest BCUT2D eigenvalue weighted by Crippen LogP contribution is -2.86. The minimum Gasteiger partial charge on any atom is -0.346 e. The van der Waals surface area contributed by atoms with Crippen molar-refractivity contribution in [3.63, 3.8) is 0 Å². The van der Waals surface area contributed by atoms with Crippen molar-refractivity contribution in [2.45, 2.75) is 79.6 Å². The van der Waals surface area contributed by atoms with Gasteiger partial charge in [-0.15, -0.1) is 0 Å². The molecule has 0 aromatic heterocycles. The van der Waals surface area contributed by atoms with Crippen molar-refractivity contribution in [2.75, 3.05) is 13.1 Å². The smallest absolute Gasteiger partial charge is 0.286 e. The quantitative estimate of drug-likeness (QED) is 0.0405. The second kappa shape index (κ2) is 30.3. The number of nitrogens with two attached hydrogens (primary N) is 1. The Bertz CT molecular complexity index is 4260. The molecule has 0 heterocycles. The van der Waals surface area contributed by atoms with E-state index in [0.29, 0.717) is 0 Å². The molecule has 0 spiro atoms. The van der Waals surface area contributed by atoms with E-state index in [0.717, 1.165) is 17.8 Å². The Morgan fingerprint density at radius 1 is 0.253 bits per heavy atom. The third kappa shape index (κ3) is 13.0. The number of hydrogen-bond donors (Lipinski definition) is 1. The fourth-order valence-corrected chi connectivity index (χ4v) is 19.3. The van der Waals surface area contributed by atoms with Crippen molar-refractivity contribution in [3.05, 3.63) is 224 Å². The molecular formula is C69H48AlF28N. The van der Waals surface area contributed by atoms with E-state index >= 15 is 105 Å². The van der Waals surface area contributed by atoms with Crippen molar-refractivity contribution >= 4 is 73.9 Å². The van der Waals surface area contributed by atoms with Gasteiger partial charge >= 0.3 is 0 Å². The number of rotatable bonds is 17. The van der Waals surface area contributed by atoms with Crippen LogP contribution in [0.3, 0.4) is 0 Å². The molecule has 2 N–H and O–H groups in total. The van der Waals surface area contributed by atoms with Gasteiger partial charge in [-0.1, -0.05) is 121 Å². The molecule has 0 amide bonds. The Morgan fingerprint density at radius 2 is 0.465 bits per heavy atom. The summed E-state index contributed by atoms with van der Waals surface area (Å²) >= 11 is -10.2. The Balaban J connectivity index is 0.000000341. The number of benzene rings is 10. The van der Waals surface area contributed by atoms with Gasteiger partial charge in [0, 0.05) is 11.8 Å². The lowest BCUT2D eigenvalue weighted by Gasteiger charge is -2.44. The first-order valence-corrected chi connectivity index (χ1v) is 32.3. The van der Waals surface area contributed by atoms with Crippen LogP contribution < -0.4 is 23.0 Å². The zero-order valence-corrected chi connectivity index (χ0v) is 52.8. The molecular weight excluding hydrogens is 1400 g/mol. The van der Waals surface area contributed by atoms with Crippen molar-refractivity contribution in [2.24, 2.45) is 17.8 Å². The second-order valence-electron chi connectivity index (χ2n) is 23.4. The summed E-state index contributed by atoms with van der Waals surface area (Å²) in [6.07, 6.45) is 9.76. The van der Waals surface area contributed by atoms with Gasteiger partial charge in [0.05, 0.1) is 34.6 Å². The summed E-state index contributed by atoms with van der Waals surface area (Å²) in [5.74, 6) is -101. The normalized spacial score (nSPS) is 12.8. The summed E-state index contributed by atoms with van der Waals surface area (Å²) in [6, 6.07) is 20.8. The van der Waals surface area contributed by atoms with Crippen LogP contribution >= 0.6 is 0 Å². The van der Waals surface area contributed by atoms with Gasteiger partial charge in [0.1, 0.15) is 23.3 Å². The molecule has 0 radical (unpaired) electrons. The highest BCUT2D eigenvalue weighted by Gasteiger charge is 2.55. The molecule has 0 fully saturated rings. The van der Waals surface area contributed by atoms with Crippen molar-refractivity contribution in [1.82, 2.24) is 0 Å². The van der Waals surface area contributed by atoms with Gasteiger partial charge in [-0.3, -0.25) is 0 Å². The van der Waals surface area contributed by atoms with E-state index in [1.807, 2.05) is 12.1 Å². The van der Waals surface area contributed by atoms with E-state index in [1.165, 1.54) is 69.2 Å². The van der Waals surface area contributed by atoms with Crippen LogP contribution in [0.5, 0.6) is 0 Å². The number of fused-ring (bicyclic) bond motifs is 4.